The van der Waals surface area contributed by atoms with E-state index in [9.17, 15) is 0 Å². The summed E-state index contributed by atoms with van der Waals surface area (Å²) in [5.74, 6) is 1.13. The fraction of sp³-hybridized carbons (Fsp3) is 0.333. The van der Waals surface area contributed by atoms with Gasteiger partial charge in [0.25, 0.3) is 0 Å². The highest BCUT2D eigenvalue weighted by molar-refractivity contribution is 7.71. The Morgan fingerprint density at radius 1 is 1.39 bits per heavy atom. The Morgan fingerprint density at radius 3 is 2.78 bits per heavy atom. The van der Waals surface area contributed by atoms with Crippen LogP contribution >= 0.6 is 12.2 Å². The first-order chi connectivity index (χ1) is 8.65. The molecule has 18 heavy (non-hydrogen) atoms. The summed E-state index contributed by atoms with van der Waals surface area (Å²) in [7, 11) is 1.56. The van der Waals surface area contributed by atoms with E-state index < -0.39 is 0 Å². The molecule has 2 rings (SSSR count). The first kappa shape index (κ1) is 12.6. The van der Waals surface area contributed by atoms with Gasteiger partial charge >= 0.3 is 0 Å². The smallest absolute Gasteiger partial charge is 0.216 e. The lowest BCUT2D eigenvalue weighted by molar-refractivity contribution is 0.397. The van der Waals surface area contributed by atoms with Gasteiger partial charge < -0.3 is 9.72 Å². The van der Waals surface area contributed by atoms with Crippen molar-refractivity contribution in [3.63, 3.8) is 0 Å². The summed E-state index contributed by atoms with van der Waals surface area (Å²) in [5, 5.41) is 0. The summed E-state index contributed by atoms with van der Waals surface area (Å²) in [6.45, 7) is 4.04. The molecular weight excluding hydrogens is 248 g/mol. The lowest BCUT2D eigenvalue weighted by atomic mass is 10.2. The van der Waals surface area contributed by atoms with E-state index >= 15 is 0 Å². The number of aromatic nitrogens is 4. The summed E-state index contributed by atoms with van der Waals surface area (Å²) in [4.78, 5) is 15.7. The fourth-order valence-electron chi connectivity index (χ4n) is 1.73. The van der Waals surface area contributed by atoms with Crippen LogP contribution in [0.25, 0.3) is 11.5 Å². The van der Waals surface area contributed by atoms with E-state index in [4.69, 9.17) is 17.0 Å². The minimum absolute atomic E-state index is 0.498. The van der Waals surface area contributed by atoms with Gasteiger partial charge in [-0.2, -0.15) is 0 Å². The van der Waals surface area contributed by atoms with Gasteiger partial charge in [-0.05, 0) is 13.3 Å². The molecule has 0 spiro atoms. The van der Waals surface area contributed by atoms with Crippen molar-refractivity contribution in [2.24, 2.45) is 0 Å². The standard InChI is InChI=1S/C12H14N4OS/c1-4-8-7(2)15-11(16-12(8)18)9-5-10(17-3)14-6-13-9/h5-6H,4H2,1-3H3,(H,15,16,18). The molecule has 0 aromatic carbocycles. The monoisotopic (exact) mass is 262 g/mol. The number of H-pyrrole nitrogens is 1. The van der Waals surface area contributed by atoms with Gasteiger partial charge in [0.2, 0.25) is 5.88 Å². The lowest BCUT2D eigenvalue weighted by Crippen LogP contribution is -2.01. The minimum Gasteiger partial charge on any atom is -0.481 e. The van der Waals surface area contributed by atoms with E-state index in [2.05, 4.69) is 26.9 Å². The second-order valence-electron chi connectivity index (χ2n) is 3.79. The number of nitrogens with zero attached hydrogens (tertiary/aromatic N) is 3. The van der Waals surface area contributed by atoms with Crippen LogP contribution in [0.2, 0.25) is 0 Å². The molecule has 0 saturated carbocycles. The first-order valence-electron chi connectivity index (χ1n) is 5.62. The molecular formula is C12H14N4OS. The molecule has 0 atom stereocenters. The van der Waals surface area contributed by atoms with Gasteiger partial charge in [-0.1, -0.05) is 19.1 Å². The number of methoxy groups -OCH3 is 1. The van der Waals surface area contributed by atoms with Crippen molar-refractivity contribution in [2.75, 3.05) is 7.11 Å². The van der Waals surface area contributed by atoms with Crippen molar-refractivity contribution in [2.45, 2.75) is 20.3 Å². The Labute approximate surface area is 110 Å². The van der Waals surface area contributed by atoms with Gasteiger partial charge in [0.05, 0.1) is 7.11 Å². The number of rotatable bonds is 3. The first-order valence-corrected chi connectivity index (χ1v) is 6.02. The molecule has 1 N–H and O–H groups in total. The molecule has 94 valence electrons. The Hall–Kier alpha value is -1.82. The highest BCUT2D eigenvalue weighted by atomic mass is 32.1. The number of ether oxygens (including phenoxy) is 1. The maximum Gasteiger partial charge on any atom is 0.216 e. The summed E-state index contributed by atoms with van der Waals surface area (Å²) in [6.07, 6.45) is 2.30. The molecule has 2 aromatic heterocycles. The second-order valence-corrected chi connectivity index (χ2v) is 4.18. The molecule has 5 nitrogen and oxygen atoms in total. The van der Waals surface area contributed by atoms with E-state index in [0.29, 0.717) is 22.0 Å². The summed E-state index contributed by atoms with van der Waals surface area (Å²) in [5.41, 5.74) is 2.75. The van der Waals surface area contributed by atoms with Crippen LogP contribution in [0.4, 0.5) is 0 Å². The van der Waals surface area contributed by atoms with E-state index in [1.807, 2.05) is 6.92 Å². The molecule has 0 amide bonds. The SMILES string of the molecule is CCc1c(C)[nH]c(-c2cc(OC)ncn2)nc1=S. The van der Waals surface area contributed by atoms with Gasteiger partial charge in [0.15, 0.2) is 5.82 Å². The van der Waals surface area contributed by atoms with Gasteiger partial charge in [0, 0.05) is 17.3 Å². The summed E-state index contributed by atoms with van der Waals surface area (Å²) < 4.78 is 5.68. The topological polar surface area (TPSA) is 63.7 Å². The third kappa shape index (κ3) is 2.38. The van der Waals surface area contributed by atoms with E-state index in [1.165, 1.54) is 6.33 Å². The molecule has 0 bridgehead atoms. The Balaban J connectivity index is 2.54. The van der Waals surface area contributed by atoms with Gasteiger partial charge in [-0.15, -0.1) is 0 Å². The maximum atomic E-state index is 5.28. The third-order valence-corrected chi connectivity index (χ3v) is 3.02. The van der Waals surface area contributed by atoms with Gasteiger partial charge in [-0.3, -0.25) is 0 Å². The maximum absolute atomic E-state index is 5.28. The van der Waals surface area contributed by atoms with Crippen LogP contribution in [0, 0.1) is 11.6 Å². The van der Waals surface area contributed by atoms with Crippen LogP contribution < -0.4 is 4.74 Å². The Morgan fingerprint density at radius 2 is 2.17 bits per heavy atom. The van der Waals surface area contributed by atoms with Crippen LogP contribution in [0.15, 0.2) is 12.4 Å². The predicted molar refractivity (Wildman–Crippen MR) is 71.1 cm³/mol. The van der Waals surface area contributed by atoms with Crippen molar-refractivity contribution in [1.29, 1.82) is 0 Å². The molecule has 0 unspecified atom stereocenters. The van der Waals surface area contributed by atoms with E-state index in [-0.39, 0.29) is 0 Å². The number of hydrogen-bond acceptors (Lipinski definition) is 5. The highest BCUT2D eigenvalue weighted by Crippen LogP contribution is 2.18. The quantitative estimate of drug-likeness (QED) is 0.861. The van der Waals surface area contributed by atoms with Gasteiger partial charge in [-0.25, -0.2) is 15.0 Å². The molecule has 0 aliphatic carbocycles. The molecule has 0 fully saturated rings. The van der Waals surface area contributed by atoms with Crippen LogP contribution in [-0.4, -0.2) is 27.0 Å². The Kier molecular flexibility index (Phi) is 3.66. The average molecular weight is 262 g/mol. The van der Waals surface area contributed by atoms with Gasteiger partial charge in [0.1, 0.15) is 16.7 Å². The van der Waals surface area contributed by atoms with E-state index in [1.54, 1.807) is 13.2 Å². The normalized spacial score (nSPS) is 10.4. The predicted octanol–water partition coefficient (Wildman–Crippen LogP) is 2.48. The van der Waals surface area contributed by atoms with E-state index in [0.717, 1.165) is 17.7 Å². The summed E-state index contributed by atoms with van der Waals surface area (Å²) >= 11 is 5.28. The van der Waals surface area contributed by atoms with Crippen LogP contribution in [0.3, 0.4) is 0 Å². The second kappa shape index (κ2) is 5.22. The number of aryl methyl sites for hydroxylation is 1. The van der Waals surface area contributed by atoms with Crippen LogP contribution in [0.5, 0.6) is 5.88 Å². The van der Waals surface area contributed by atoms with Crippen LogP contribution in [-0.2, 0) is 6.42 Å². The largest absolute Gasteiger partial charge is 0.481 e. The van der Waals surface area contributed by atoms with Crippen molar-refractivity contribution < 1.29 is 4.74 Å². The zero-order valence-electron chi connectivity index (χ0n) is 10.5. The molecule has 0 saturated heterocycles. The molecule has 0 aliphatic heterocycles. The number of hydrogen-bond donors (Lipinski definition) is 1. The fourth-order valence-corrected chi connectivity index (χ4v) is 2.12. The number of nitrogens with one attached hydrogen (secondary N) is 1. The minimum atomic E-state index is 0.498. The molecule has 0 aliphatic rings. The highest BCUT2D eigenvalue weighted by Gasteiger charge is 2.08. The third-order valence-electron chi connectivity index (χ3n) is 2.68. The lowest BCUT2D eigenvalue weighted by Gasteiger charge is -2.07. The zero-order valence-corrected chi connectivity index (χ0v) is 11.3. The molecule has 2 aromatic rings. The van der Waals surface area contributed by atoms with Crippen LogP contribution in [0.1, 0.15) is 18.2 Å². The van der Waals surface area contributed by atoms with Crippen molar-refractivity contribution in [3.8, 4) is 17.4 Å². The number of aromatic amines is 1. The average Bonchev–Trinajstić information content (AvgIpc) is 2.38. The van der Waals surface area contributed by atoms with Crippen molar-refractivity contribution >= 4 is 12.2 Å². The Bertz CT molecular complexity index is 624. The molecule has 0 radical (unpaired) electrons. The molecule has 6 heteroatoms. The molecule has 2 heterocycles. The zero-order chi connectivity index (χ0) is 13.1. The van der Waals surface area contributed by atoms with Crippen molar-refractivity contribution in [1.82, 2.24) is 19.9 Å². The summed E-state index contributed by atoms with van der Waals surface area (Å²) in [6, 6.07) is 1.72. The van der Waals surface area contributed by atoms with Crippen molar-refractivity contribution in [3.05, 3.63) is 28.3 Å².